The smallest absolute Gasteiger partial charge is 0.256 e. The second kappa shape index (κ2) is 7.80. The highest BCUT2D eigenvalue weighted by Crippen LogP contribution is 2.33. The molecule has 5 nitrogen and oxygen atoms in total. The summed E-state index contributed by atoms with van der Waals surface area (Å²) >= 11 is 0. The zero-order chi connectivity index (χ0) is 19.6. The van der Waals surface area contributed by atoms with E-state index in [0.717, 1.165) is 48.4 Å². The van der Waals surface area contributed by atoms with Crippen LogP contribution in [-0.2, 0) is 16.4 Å². The van der Waals surface area contributed by atoms with Gasteiger partial charge in [-0.3, -0.25) is 0 Å². The van der Waals surface area contributed by atoms with Gasteiger partial charge in [0.2, 0.25) is 0 Å². The molecule has 0 aromatic heterocycles. The number of hydrogen-bond acceptors (Lipinski definition) is 4. The number of sulfonamides is 1. The topological polar surface area (TPSA) is 59.0 Å². The molecule has 4 rings (SSSR count). The Morgan fingerprint density at radius 2 is 1.96 bits per heavy atom. The Labute approximate surface area is 166 Å². The quantitative estimate of drug-likeness (QED) is 0.713. The first-order valence-corrected chi connectivity index (χ1v) is 11.2. The zero-order valence-electron chi connectivity index (χ0n) is 15.8. The summed E-state index contributed by atoms with van der Waals surface area (Å²) in [6.07, 6.45) is 4.63. The lowest BCUT2D eigenvalue weighted by atomic mass is 9.89. The molecule has 0 saturated carbocycles. The molecule has 146 valence electrons. The minimum atomic E-state index is -3.34. The van der Waals surface area contributed by atoms with Crippen LogP contribution >= 0.6 is 0 Å². The van der Waals surface area contributed by atoms with Gasteiger partial charge in [-0.1, -0.05) is 30.3 Å². The molecule has 2 heterocycles. The normalized spacial score (nSPS) is 20.8. The Hall–Kier alpha value is -2.60. The van der Waals surface area contributed by atoms with E-state index in [1.165, 1.54) is 0 Å². The first kappa shape index (κ1) is 18.7. The molecule has 1 saturated heterocycles. The summed E-state index contributed by atoms with van der Waals surface area (Å²) in [6, 6.07) is 15.9. The van der Waals surface area contributed by atoms with Gasteiger partial charge in [-0.05, 0) is 54.7 Å². The van der Waals surface area contributed by atoms with Crippen LogP contribution in [0.25, 0.3) is 0 Å². The molecule has 2 aliphatic rings. The van der Waals surface area contributed by atoms with Gasteiger partial charge in [0.05, 0.1) is 5.75 Å². The Kier molecular flexibility index (Phi) is 5.22. The molecular weight excluding hydrogens is 372 g/mol. The van der Waals surface area contributed by atoms with Crippen LogP contribution < -0.4 is 4.74 Å². The molecule has 0 N–H and O–H groups in total. The van der Waals surface area contributed by atoms with Gasteiger partial charge < -0.3 is 9.64 Å². The molecule has 2 aromatic carbocycles. The number of amidine groups is 1. The van der Waals surface area contributed by atoms with Gasteiger partial charge in [0.1, 0.15) is 17.3 Å². The Balaban J connectivity index is 1.54. The summed E-state index contributed by atoms with van der Waals surface area (Å²) in [4.78, 5) is 2.12. The monoisotopic (exact) mass is 396 g/mol. The van der Waals surface area contributed by atoms with E-state index in [1.807, 2.05) is 54.6 Å². The van der Waals surface area contributed by atoms with Crippen LogP contribution in [0.15, 0.2) is 65.6 Å². The second-order valence-corrected chi connectivity index (χ2v) is 8.98. The molecule has 1 atom stereocenters. The van der Waals surface area contributed by atoms with Crippen LogP contribution in [0.3, 0.4) is 0 Å². The molecule has 0 bridgehead atoms. The molecular formula is C22H24N2O3S. The fourth-order valence-corrected chi connectivity index (χ4v) is 4.90. The largest absolute Gasteiger partial charge is 0.457 e. The summed E-state index contributed by atoms with van der Waals surface area (Å²) in [5.41, 5.74) is 2.23. The predicted octanol–water partition coefficient (Wildman–Crippen LogP) is 4.13. The summed E-state index contributed by atoms with van der Waals surface area (Å²) < 4.78 is 34.0. The lowest BCUT2D eigenvalue weighted by Crippen LogP contribution is -2.46. The number of hydrogen-bond donors (Lipinski definition) is 0. The molecule has 0 aliphatic carbocycles. The number of rotatable bonds is 5. The molecule has 1 fully saturated rings. The van der Waals surface area contributed by atoms with Gasteiger partial charge in [-0.15, -0.1) is 11.0 Å². The third kappa shape index (κ3) is 4.12. The van der Waals surface area contributed by atoms with Gasteiger partial charge in [-0.2, -0.15) is 0 Å². The lowest BCUT2D eigenvalue weighted by Gasteiger charge is -2.37. The number of nitrogens with zero attached hydrogens (tertiary/aromatic N) is 2. The van der Waals surface area contributed by atoms with Crippen LogP contribution in [0.2, 0.25) is 0 Å². The van der Waals surface area contributed by atoms with Crippen LogP contribution in [0.5, 0.6) is 11.5 Å². The summed E-state index contributed by atoms with van der Waals surface area (Å²) in [5.74, 6) is 2.38. The predicted molar refractivity (Wildman–Crippen MR) is 112 cm³/mol. The standard InChI is InChI=1S/C22H24N2O3S/c1-2-5-17-6-3-7-20(16-17)27-19-11-9-18(10-12-19)21-8-4-13-24-14-15-28(25,26)23-22(21)24/h2-3,6-7,9-12,16,21H,1,4-5,8,13-15H2. The van der Waals surface area contributed by atoms with Crippen LogP contribution in [0, 0.1) is 0 Å². The van der Waals surface area contributed by atoms with Gasteiger partial charge in [-0.25, -0.2) is 8.42 Å². The molecule has 28 heavy (non-hydrogen) atoms. The Morgan fingerprint density at radius 1 is 1.14 bits per heavy atom. The van der Waals surface area contributed by atoms with Gasteiger partial charge in [0, 0.05) is 19.0 Å². The third-order valence-electron chi connectivity index (χ3n) is 5.20. The number of allylic oxidation sites excluding steroid dienone is 1. The van der Waals surface area contributed by atoms with Crippen molar-refractivity contribution in [3.8, 4) is 11.5 Å². The maximum atomic E-state index is 12.0. The minimum Gasteiger partial charge on any atom is -0.457 e. The van der Waals surface area contributed by atoms with Crippen LogP contribution in [0.1, 0.15) is 29.9 Å². The minimum absolute atomic E-state index is 0.0220. The van der Waals surface area contributed by atoms with Crippen molar-refractivity contribution in [1.29, 1.82) is 0 Å². The van der Waals surface area contributed by atoms with E-state index in [2.05, 4.69) is 15.9 Å². The van der Waals surface area contributed by atoms with E-state index in [0.29, 0.717) is 12.4 Å². The van der Waals surface area contributed by atoms with Gasteiger partial charge in [0.25, 0.3) is 10.0 Å². The van der Waals surface area contributed by atoms with Crippen molar-refractivity contribution in [3.63, 3.8) is 0 Å². The maximum Gasteiger partial charge on any atom is 0.256 e. The highest BCUT2D eigenvalue weighted by atomic mass is 32.2. The van der Waals surface area contributed by atoms with Crippen molar-refractivity contribution >= 4 is 15.9 Å². The van der Waals surface area contributed by atoms with Crippen LogP contribution in [-0.4, -0.2) is 38.0 Å². The van der Waals surface area contributed by atoms with Crippen molar-refractivity contribution in [1.82, 2.24) is 4.90 Å². The molecule has 0 amide bonds. The van der Waals surface area contributed by atoms with E-state index < -0.39 is 10.0 Å². The molecule has 0 radical (unpaired) electrons. The first-order chi connectivity index (χ1) is 13.5. The van der Waals surface area contributed by atoms with Crippen molar-refractivity contribution in [2.45, 2.75) is 25.2 Å². The Bertz CT molecular complexity index is 997. The van der Waals surface area contributed by atoms with Crippen molar-refractivity contribution in [3.05, 3.63) is 72.3 Å². The average Bonchev–Trinajstić information content (AvgIpc) is 2.68. The van der Waals surface area contributed by atoms with E-state index in [1.54, 1.807) is 0 Å². The SMILES string of the molecule is C=CCc1cccc(Oc2ccc(C3CCCN4CCS(=O)(=O)N=C34)cc2)c1. The third-order valence-corrected chi connectivity index (χ3v) is 6.37. The summed E-state index contributed by atoms with van der Waals surface area (Å²) in [7, 11) is -3.34. The van der Waals surface area contributed by atoms with E-state index >= 15 is 0 Å². The van der Waals surface area contributed by atoms with Crippen molar-refractivity contribution < 1.29 is 13.2 Å². The Morgan fingerprint density at radius 3 is 2.75 bits per heavy atom. The fourth-order valence-electron chi connectivity index (χ4n) is 3.83. The summed E-state index contributed by atoms with van der Waals surface area (Å²) in [5, 5.41) is 0. The summed E-state index contributed by atoms with van der Waals surface area (Å²) in [6.45, 7) is 5.19. The average molecular weight is 397 g/mol. The van der Waals surface area contributed by atoms with Crippen molar-refractivity contribution in [2.75, 3.05) is 18.8 Å². The molecule has 2 aliphatic heterocycles. The number of fused-ring (bicyclic) bond motifs is 1. The molecule has 2 aromatic rings. The van der Waals surface area contributed by atoms with E-state index in [4.69, 9.17) is 4.74 Å². The molecule has 0 spiro atoms. The first-order valence-electron chi connectivity index (χ1n) is 9.59. The molecule has 6 heteroatoms. The van der Waals surface area contributed by atoms with E-state index in [9.17, 15) is 8.42 Å². The highest BCUT2D eigenvalue weighted by Gasteiger charge is 2.33. The number of piperidine rings is 1. The lowest BCUT2D eigenvalue weighted by molar-refractivity contribution is 0.366. The van der Waals surface area contributed by atoms with Gasteiger partial charge in [0.15, 0.2) is 0 Å². The van der Waals surface area contributed by atoms with Crippen molar-refractivity contribution in [2.24, 2.45) is 4.40 Å². The van der Waals surface area contributed by atoms with Crippen LogP contribution in [0.4, 0.5) is 0 Å². The second-order valence-electron chi connectivity index (χ2n) is 7.23. The number of ether oxygens (including phenoxy) is 1. The highest BCUT2D eigenvalue weighted by molar-refractivity contribution is 7.90. The zero-order valence-corrected chi connectivity index (χ0v) is 16.6. The van der Waals surface area contributed by atoms with Gasteiger partial charge >= 0.3 is 0 Å². The maximum absolute atomic E-state index is 12.0. The number of benzene rings is 2. The molecule has 1 unspecified atom stereocenters. The fraction of sp³-hybridized carbons (Fsp3) is 0.318. The van der Waals surface area contributed by atoms with E-state index in [-0.39, 0.29) is 11.7 Å².